The van der Waals surface area contributed by atoms with Gasteiger partial charge in [0.05, 0.1) is 5.56 Å². The molecule has 1 fully saturated rings. The SMILES string of the molecule is Nc1ccc(C(=O)N(Cc2cccnc2)C2CC2)c(F)c1. The lowest BCUT2D eigenvalue weighted by molar-refractivity contribution is 0.0725. The summed E-state index contributed by atoms with van der Waals surface area (Å²) in [6.45, 7) is 0.446. The molecule has 0 bridgehead atoms. The molecule has 1 heterocycles. The molecule has 21 heavy (non-hydrogen) atoms. The Morgan fingerprint density at radius 3 is 2.81 bits per heavy atom. The van der Waals surface area contributed by atoms with Crippen molar-refractivity contribution in [2.75, 3.05) is 5.73 Å². The maximum Gasteiger partial charge on any atom is 0.257 e. The van der Waals surface area contributed by atoms with Crippen LogP contribution >= 0.6 is 0 Å². The van der Waals surface area contributed by atoms with Gasteiger partial charge in [-0.25, -0.2) is 4.39 Å². The van der Waals surface area contributed by atoms with Crippen LogP contribution < -0.4 is 5.73 Å². The quantitative estimate of drug-likeness (QED) is 0.878. The van der Waals surface area contributed by atoms with Crippen molar-refractivity contribution in [3.63, 3.8) is 0 Å². The summed E-state index contributed by atoms with van der Waals surface area (Å²) in [5.41, 5.74) is 6.85. The van der Waals surface area contributed by atoms with Crippen LogP contribution in [-0.2, 0) is 6.54 Å². The summed E-state index contributed by atoms with van der Waals surface area (Å²) in [5, 5.41) is 0. The zero-order valence-corrected chi connectivity index (χ0v) is 11.5. The molecule has 1 aromatic heterocycles. The summed E-state index contributed by atoms with van der Waals surface area (Å²) in [6.07, 6.45) is 5.33. The van der Waals surface area contributed by atoms with Crippen LogP contribution in [0.15, 0.2) is 42.7 Å². The van der Waals surface area contributed by atoms with E-state index in [1.807, 2.05) is 12.1 Å². The average molecular weight is 285 g/mol. The predicted molar refractivity (Wildman–Crippen MR) is 77.9 cm³/mol. The van der Waals surface area contributed by atoms with E-state index in [2.05, 4.69) is 4.98 Å². The number of hydrogen-bond donors (Lipinski definition) is 1. The van der Waals surface area contributed by atoms with Crippen LogP contribution in [0, 0.1) is 5.82 Å². The van der Waals surface area contributed by atoms with E-state index in [0.717, 1.165) is 18.4 Å². The van der Waals surface area contributed by atoms with Gasteiger partial charge in [0.15, 0.2) is 0 Å². The number of carbonyl (C=O) groups is 1. The molecule has 1 aromatic carbocycles. The lowest BCUT2D eigenvalue weighted by atomic mass is 10.1. The summed E-state index contributed by atoms with van der Waals surface area (Å²) in [5.74, 6) is -0.865. The van der Waals surface area contributed by atoms with Crippen molar-refractivity contribution in [3.05, 3.63) is 59.7 Å². The summed E-state index contributed by atoms with van der Waals surface area (Å²) >= 11 is 0. The van der Waals surface area contributed by atoms with Gasteiger partial charge in [-0.15, -0.1) is 0 Å². The van der Waals surface area contributed by atoms with Gasteiger partial charge in [0.2, 0.25) is 0 Å². The third-order valence-electron chi connectivity index (χ3n) is 3.55. The number of nitrogen functional groups attached to an aromatic ring is 1. The molecule has 0 atom stereocenters. The fourth-order valence-electron chi connectivity index (χ4n) is 2.30. The van der Waals surface area contributed by atoms with Crippen molar-refractivity contribution in [3.8, 4) is 0 Å². The molecule has 1 saturated carbocycles. The highest BCUT2D eigenvalue weighted by Gasteiger charge is 2.34. The summed E-state index contributed by atoms with van der Waals surface area (Å²) < 4.78 is 13.9. The molecule has 3 rings (SSSR count). The lowest BCUT2D eigenvalue weighted by Crippen LogP contribution is -2.33. The first-order valence-corrected chi connectivity index (χ1v) is 6.90. The molecule has 0 radical (unpaired) electrons. The zero-order valence-electron chi connectivity index (χ0n) is 11.5. The van der Waals surface area contributed by atoms with Gasteiger partial charge in [0.1, 0.15) is 5.82 Å². The van der Waals surface area contributed by atoms with Crippen molar-refractivity contribution in [1.82, 2.24) is 9.88 Å². The normalized spacial score (nSPS) is 14.0. The van der Waals surface area contributed by atoms with E-state index in [0.29, 0.717) is 12.2 Å². The number of benzene rings is 1. The molecular weight excluding hydrogens is 269 g/mol. The van der Waals surface area contributed by atoms with Crippen LogP contribution in [0.3, 0.4) is 0 Å². The summed E-state index contributed by atoms with van der Waals surface area (Å²) in [7, 11) is 0. The molecule has 5 heteroatoms. The van der Waals surface area contributed by atoms with Crippen molar-refractivity contribution < 1.29 is 9.18 Å². The Hall–Kier alpha value is -2.43. The van der Waals surface area contributed by atoms with Gasteiger partial charge in [-0.1, -0.05) is 6.07 Å². The largest absolute Gasteiger partial charge is 0.399 e. The van der Waals surface area contributed by atoms with Crippen LogP contribution in [0.4, 0.5) is 10.1 Å². The third kappa shape index (κ3) is 3.02. The summed E-state index contributed by atoms with van der Waals surface area (Å²) in [6, 6.07) is 8.11. The fourth-order valence-corrected chi connectivity index (χ4v) is 2.30. The molecule has 0 unspecified atom stereocenters. The number of halogens is 1. The Morgan fingerprint density at radius 1 is 1.38 bits per heavy atom. The fraction of sp³-hybridized carbons (Fsp3) is 0.250. The van der Waals surface area contributed by atoms with Gasteiger partial charge in [0.25, 0.3) is 5.91 Å². The van der Waals surface area contributed by atoms with Crippen LogP contribution in [0.25, 0.3) is 0 Å². The van der Waals surface area contributed by atoms with E-state index in [1.54, 1.807) is 23.4 Å². The number of hydrogen-bond acceptors (Lipinski definition) is 3. The minimum atomic E-state index is -0.572. The summed E-state index contributed by atoms with van der Waals surface area (Å²) in [4.78, 5) is 18.4. The molecule has 1 amide bonds. The maximum atomic E-state index is 13.9. The van der Waals surface area contributed by atoms with E-state index in [9.17, 15) is 9.18 Å². The number of nitrogens with two attached hydrogens (primary N) is 1. The first-order chi connectivity index (χ1) is 10.1. The monoisotopic (exact) mass is 285 g/mol. The van der Waals surface area contributed by atoms with E-state index in [4.69, 9.17) is 5.73 Å². The van der Waals surface area contributed by atoms with Gasteiger partial charge < -0.3 is 10.6 Å². The number of amides is 1. The molecule has 0 saturated heterocycles. The molecule has 2 aromatic rings. The highest BCUT2D eigenvalue weighted by Crippen LogP contribution is 2.30. The van der Waals surface area contributed by atoms with E-state index < -0.39 is 5.82 Å². The molecule has 0 aliphatic heterocycles. The number of aromatic nitrogens is 1. The molecule has 1 aliphatic rings. The van der Waals surface area contributed by atoms with Crippen LogP contribution in [0.2, 0.25) is 0 Å². The van der Waals surface area contributed by atoms with Crippen molar-refractivity contribution in [1.29, 1.82) is 0 Å². The molecule has 2 N–H and O–H groups in total. The minimum Gasteiger partial charge on any atom is -0.399 e. The molecule has 0 spiro atoms. The Kier molecular flexibility index (Phi) is 3.56. The minimum absolute atomic E-state index is 0.0694. The van der Waals surface area contributed by atoms with Gasteiger partial charge in [-0.3, -0.25) is 9.78 Å². The number of rotatable bonds is 4. The van der Waals surface area contributed by atoms with Crippen LogP contribution in [-0.4, -0.2) is 21.8 Å². The van der Waals surface area contributed by atoms with Crippen molar-refractivity contribution >= 4 is 11.6 Å². The first-order valence-electron chi connectivity index (χ1n) is 6.90. The van der Waals surface area contributed by atoms with E-state index in [1.165, 1.54) is 12.1 Å². The second-order valence-corrected chi connectivity index (χ2v) is 5.26. The number of nitrogens with zero attached hydrogens (tertiary/aromatic N) is 2. The Bertz CT molecular complexity index is 656. The number of anilines is 1. The first kappa shape index (κ1) is 13.5. The maximum absolute atomic E-state index is 13.9. The third-order valence-corrected chi connectivity index (χ3v) is 3.55. The number of pyridine rings is 1. The zero-order chi connectivity index (χ0) is 14.8. The molecule has 1 aliphatic carbocycles. The predicted octanol–water partition coefficient (Wildman–Crippen LogP) is 2.61. The molecule has 108 valence electrons. The van der Waals surface area contributed by atoms with E-state index in [-0.39, 0.29) is 17.5 Å². The second-order valence-electron chi connectivity index (χ2n) is 5.26. The highest BCUT2D eigenvalue weighted by atomic mass is 19.1. The Labute approximate surface area is 122 Å². The van der Waals surface area contributed by atoms with Crippen molar-refractivity contribution in [2.24, 2.45) is 0 Å². The van der Waals surface area contributed by atoms with Gasteiger partial charge >= 0.3 is 0 Å². The smallest absolute Gasteiger partial charge is 0.257 e. The van der Waals surface area contributed by atoms with Crippen molar-refractivity contribution in [2.45, 2.75) is 25.4 Å². The topological polar surface area (TPSA) is 59.2 Å². The van der Waals surface area contributed by atoms with E-state index >= 15 is 0 Å². The Balaban J connectivity index is 1.85. The average Bonchev–Trinajstić information content (AvgIpc) is 3.30. The Morgan fingerprint density at radius 2 is 2.19 bits per heavy atom. The second kappa shape index (κ2) is 5.52. The van der Waals surface area contributed by atoms with Gasteiger partial charge in [0, 0.05) is 30.7 Å². The molecular formula is C16H16FN3O. The van der Waals surface area contributed by atoms with Gasteiger partial charge in [-0.2, -0.15) is 0 Å². The standard InChI is InChI=1S/C16H16FN3O/c17-15-8-12(18)3-6-14(15)16(21)20(13-4-5-13)10-11-2-1-7-19-9-11/h1-3,6-9,13H,4-5,10,18H2. The van der Waals surface area contributed by atoms with Crippen LogP contribution in [0.5, 0.6) is 0 Å². The molecule has 4 nitrogen and oxygen atoms in total. The lowest BCUT2D eigenvalue weighted by Gasteiger charge is -2.22. The number of carbonyl (C=O) groups excluding carboxylic acids is 1. The highest BCUT2D eigenvalue weighted by molar-refractivity contribution is 5.95. The van der Waals surface area contributed by atoms with Gasteiger partial charge in [-0.05, 0) is 42.7 Å². The van der Waals surface area contributed by atoms with Crippen LogP contribution in [0.1, 0.15) is 28.8 Å².